The first-order valence-corrected chi connectivity index (χ1v) is 6.86. The van der Waals surface area contributed by atoms with Crippen molar-refractivity contribution in [2.24, 2.45) is 0 Å². The Balaban J connectivity index is 1.91. The largest absolute Gasteiger partial charge is 0.483 e. The molecule has 0 radical (unpaired) electrons. The molecule has 0 aromatic heterocycles. The maximum atomic E-state index is 12.1. The van der Waals surface area contributed by atoms with Crippen molar-refractivity contribution in [1.29, 1.82) is 0 Å². The van der Waals surface area contributed by atoms with Crippen LogP contribution in [0.15, 0.2) is 18.2 Å². The van der Waals surface area contributed by atoms with Crippen LogP contribution in [0.25, 0.3) is 0 Å². The monoisotopic (exact) mass is 299 g/mol. The molecular weight excluding hydrogens is 282 g/mol. The summed E-state index contributed by atoms with van der Waals surface area (Å²) < 4.78 is 10.7. The lowest BCUT2D eigenvalue weighted by Gasteiger charge is -2.21. The quantitative estimate of drug-likeness (QED) is 0.912. The van der Waals surface area contributed by atoms with Crippen LogP contribution < -0.4 is 4.74 Å². The standard InChI is InChI=1S/C14H18ClNO4/c1-10-6-11(15)2-3-13(10)20-9-14(18)16-4-5-19-8-12(17)7-16/h2-3,6,12,17H,4-5,7-9H2,1H3/t12-/m0/s1. The van der Waals surface area contributed by atoms with Gasteiger partial charge >= 0.3 is 0 Å². The lowest BCUT2D eigenvalue weighted by molar-refractivity contribution is -0.134. The summed E-state index contributed by atoms with van der Waals surface area (Å²) in [4.78, 5) is 13.6. The number of rotatable bonds is 3. The van der Waals surface area contributed by atoms with Gasteiger partial charge in [0.15, 0.2) is 6.61 Å². The number of β-amino-alcohol motifs (C(OH)–C–C–N with tert-alkyl or cyclic N) is 1. The minimum Gasteiger partial charge on any atom is -0.483 e. The van der Waals surface area contributed by atoms with Crippen LogP contribution in [0.2, 0.25) is 5.02 Å². The van der Waals surface area contributed by atoms with Crippen LogP contribution in [0.4, 0.5) is 0 Å². The smallest absolute Gasteiger partial charge is 0.260 e. The van der Waals surface area contributed by atoms with Gasteiger partial charge < -0.3 is 19.5 Å². The molecule has 1 aliphatic rings. The summed E-state index contributed by atoms with van der Waals surface area (Å²) >= 11 is 5.86. The first kappa shape index (κ1) is 15.1. The first-order chi connectivity index (χ1) is 9.56. The Labute approximate surface area is 123 Å². The molecule has 1 aliphatic heterocycles. The lowest BCUT2D eigenvalue weighted by Crippen LogP contribution is -2.40. The molecule has 1 saturated heterocycles. The van der Waals surface area contributed by atoms with Gasteiger partial charge in [0.05, 0.1) is 19.3 Å². The summed E-state index contributed by atoms with van der Waals surface area (Å²) in [7, 11) is 0. The van der Waals surface area contributed by atoms with Crippen LogP contribution in [0, 0.1) is 6.92 Å². The molecule has 0 bridgehead atoms. The van der Waals surface area contributed by atoms with E-state index in [-0.39, 0.29) is 25.7 Å². The van der Waals surface area contributed by atoms with Gasteiger partial charge in [0.2, 0.25) is 0 Å². The molecule has 20 heavy (non-hydrogen) atoms. The Bertz CT molecular complexity index is 480. The zero-order valence-electron chi connectivity index (χ0n) is 11.3. The van der Waals surface area contributed by atoms with Gasteiger partial charge in [0.1, 0.15) is 5.75 Å². The van der Waals surface area contributed by atoms with E-state index in [2.05, 4.69) is 0 Å². The number of amides is 1. The molecule has 1 atom stereocenters. The van der Waals surface area contributed by atoms with Crippen LogP contribution in [-0.2, 0) is 9.53 Å². The number of aryl methyl sites for hydroxylation is 1. The molecule has 1 amide bonds. The number of hydrogen-bond acceptors (Lipinski definition) is 4. The van der Waals surface area contributed by atoms with Crippen LogP contribution in [0.3, 0.4) is 0 Å². The molecule has 1 aromatic carbocycles. The Kier molecular flexibility index (Phi) is 5.23. The maximum Gasteiger partial charge on any atom is 0.260 e. The fraction of sp³-hybridized carbons (Fsp3) is 0.500. The van der Waals surface area contributed by atoms with E-state index in [0.717, 1.165) is 5.56 Å². The molecular formula is C14H18ClNO4. The third kappa shape index (κ3) is 4.10. The minimum absolute atomic E-state index is 0.0603. The zero-order chi connectivity index (χ0) is 14.5. The van der Waals surface area contributed by atoms with Gasteiger partial charge in [0.25, 0.3) is 5.91 Å². The Morgan fingerprint density at radius 2 is 2.40 bits per heavy atom. The van der Waals surface area contributed by atoms with Crippen LogP contribution >= 0.6 is 11.6 Å². The second-order valence-corrected chi connectivity index (χ2v) is 5.20. The predicted octanol–water partition coefficient (Wildman–Crippen LogP) is 1.25. The van der Waals surface area contributed by atoms with Crippen molar-refractivity contribution >= 4 is 17.5 Å². The average molecular weight is 300 g/mol. The highest BCUT2D eigenvalue weighted by atomic mass is 35.5. The molecule has 110 valence electrons. The number of aliphatic hydroxyl groups excluding tert-OH is 1. The minimum atomic E-state index is -0.640. The molecule has 1 N–H and O–H groups in total. The molecule has 0 aliphatic carbocycles. The maximum absolute atomic E-state index is 12.1. The Morgan fingerprint density at radius 3 is 3.15 bits per heavy atom. The fourth-order valence-corrected chi connectivity index (χ4v) is 2.25. The topological polar surface area (TPSA) is 59.0 Å². The van der Waals surface area contributed by atoms with Crippen molar-refractivity contribution < 1.29 is 19.4 Å². The third-order valence-electron chi connectivity index (χ3n) is 3.09. The van der Waals surface area contributed by atoms with Gasteiger partial charge in [-0.15, -0.1) is 0 Å². The van der Waals surface area contributed by atoms with Crippen molar-refractivity contribution in [2.45, 2.75) is 13.0 Å². The molecule has 2 rings (SSSR count). The van der Waals surface area contributed by atoms with Crippen molar-refractivity contribution in [1.82, 2.24) is 4.90 Å². The molecule has 0 spiro atoms. The zero-order valence-corrected chi connectivity index (χ0v) is 12.1. The average Bonchev–Trinajstić information content (AvgIpc) is 2.62. The van der Waals surface area contributed by atoms with Gasteiger partial charge in [-0.3, -0.25) is 4.79 Å². The number of carbonyl (C=O) groups is 1. The molecule has 1 fully saturated rings. The first-order valence-electron chi connectivity index (χ1n) is 6.49. The van der Waals surface area contributed by atoms with E-state index in [1.165, 1.54) is 0 Å². The van der Waals surface area contributed by atoms with Crippen molar-refractivity contribution in [2.75, 3.05) is 32.9 Å². The number of nitrogens with zero attached hydrogens (tertiary/aromatic N) is 1. The molecule has 1 aromatic rings. The van der Waals surface area contributed by atoms with E-state index in [1.54, 1.807) is 23.1 Å². The third-order valence-corrected chi connectivity index (χ3v) is 3.32. The predicted molar refractivity (Wildman–Crippen MR) is 75.1 cm³/mol. The summed E-state index contributed by atoms with van der Waals surface area (Å²) in [5.41, 5.74) is 0.879. The number of benzene rings is 1. The molecule has 6 heteroatoms. The second kappa shape index (κ2) is 6.92. The van der Waals surface area contributed by atoms with E-state index < -0.39 is 6.10 Å². The van der Waals surface area contributed by atoms with Gasteiger partial charge in [0, 0.05) is 18.1 Å². The van der Waals surface area contributed by atoms with Crippen LogP contribution in [0.1, 0.15) is 5.56 Å². The normalized spacial score (nSPS) is 19.6. The van der Waals surface area contributed by atoms with E-state index in [9.17, 15) is 9.90 Å². The Hall–Kier alpha value is -1.30. The van der Waals surface area contributed by atoms with Gasteiger partial charge in [-0.25, -0.2) is 0 Å². The highest BCUT2D eigenvalue weighted by Gasteiger charge is 2.21. The Morgan fingerprint density at radius 1 is 1.60 bits per heavy atom. The number of aliphatic hydroxyl groups is 1. The van der Waals surface area contributed by atoms with Crippen molar-refractivity contribution in [3.63, 3.8) is 0 Å². The summed E-state index contributed by atoms with van der Waals surface area (Å²) in [6.07, 6.45) is -0.640. The molecule has 5 nitrogen and oxygen atoms in total. The fourth-order valence-electron chi connectivity index (χ4n) is 2.02. The molecule has 0 saturated carbocycles. The number of halogens is 1. The highest BCUT2D eigenvalue weighted by molar-refractivity contribution is 6.30. The van der Waals surface area contributed by atoms with E-state index >= 15 is 0 Å². The lowest BCUT2D eigenvalue weighted by atomic mass is 10.2. The molecule has 1 heterocycles. The van der Waals surface area contributed by atoms with E-state index in [0.29, 0.717) is 23.9 Å². The van der Waals surface area contributed by atoms with Gasteiger partial charge in [-0.2, -0.15) is 0 Å². The number of ether oxygens (including phenoxy) is 2. The van der Waals surface area contributed by atoms with Crippen molar-refractivity contribution in [3.8, 4) is 5.75 Å². The van der Waals surface area contributed by atoms with E-state index in [1.807, 2.05) is 6.92 Å². The van der Waals surface area contributed by atoms with Crippen LogP contribution in [0.5, 0.6) is 5.75 Å². The highest BCUT2D eigenvalue weighted by Crippen LogP contribution is 2.21. The summed E-state index contributed by atoms with van der Waals surface area (Å²) in [6, 6.07) is 5.24. The second-order valence-electron chi connectivity index (χ2n) is 4.77. The van der Waals surface area contributed by atoms with Crippen LogP contribution in [-0.4, -0.2) is 54.9 Å². The summed E-state index contributed by atoms with van der Waals surface area (Å²) in [5.74, 6) is 0.471. The molecule has 0 unspecified atom stereocenters. The van der Waals surface area contributed by atoms with E-state index in [4.69, 9.17) is 21.1 Å². The van der Waals surface area contributed by atoms with Crippen molar-refractivity contribution in [3.05, 3.63) is 28.8 Å². The summed E-state index contributed by atoms with van der Waals surface area (Å²) in [5, 5.41) is 10.2. The summed E-state index contributed by atoms with van der Waals surface area (Å²) in [6.45, 7) is 3.26. The number of hydrogen-bond donors (Lipinski definition) is 1. The van der Waals surface area contributed by atoms with Gasteiger partial charge in [-0.1, -0.05) is 11.6 Å². The number of carbonyl (C=O) groups excluding carboxylic acids is 1. The van der Waals surface area contributed by atoms with Gasteiger partial charge in [-0.05, 0) is 30.7 Å². The SMILES string of the molecule is Cc1cc(Cl)ccc1OCC(=O)N1CCOC[C@@H](O)C1.